The van der Waals surface area contributed by atoms with Crippen LogP contribution in [0, 0.1) is 20.8 Å². The number of ether oxygens (including phenoxy) is 3. The Morgan fingerprint density at radius 3 is 1.77 bits per heavy atom. The third-order valence-corrected chi connectivity index (χ3v) is 7.45. The number of nitrogens with zero attached hydrogens (tertiary/aromatic N) is 3. The van der Waals surface area contributed by atoms with Gasteiger partial charge in [-0.2, -0.15) is 0 Å². The molecule has 0 aliphatic heterocycles. The van der Waals surface area contributed by atoms with Gasteiger partial charge in [0.15, 0.2) is 0 Å². The van der Waals surface area contributed by atoms with Gasteiger partial charge in [-0.05, 0) is 103 Å². The summed E-state index contributed by atoms with van der Waals surface area (Å²) in [6.07, 6.45) is 0.699. The molecule has 3 aromatic carbocycles. The van der Waals surface area contributed by atoms with Gasteiger partial charge >= 0.3 is 12.2 Å². The highest BCUT2D eigenvalue weighted by Gasteiger charge is 2.29. The minimum Gasteiger partial charge on any atom is -0.496 e. The minimum absolute atomic E-state index is 0.110. The maximum atomic E-state index is 14.0. The molecule has 0 spiro atoms. The Balaban J connectivity index is 1.96. The Kier molecular flexibility index (Phi) is 10.6. The Morgan fingerprint density at radius 1 is 0.702 bits per heavy atom. The highest BCUT2D eigenvalue weighted by atomic mass is 16.6. The molecule has 0 radical (unpaired) electrons. The number of benzene rings is 3. The van der Waals surface area contributed by atoms with Crippen molar-refractivity contribution in [3.8, 4) is 16.9 Å². The summed E-state index contributed by atoms with van der Waals surface area (Å²) >= 11 is 0. The molecule has 0 saturated carbocycles. The molecule has 0 bridgehead atoms. The van der Waals surface area contributed by atoms with Gasteiger partial charge in [-0.15, -0.1) is 0 Å². The lowest BCUT2D eigenvalue weighted by molar-refractivity contribution is 0.0568. The summed E-state index contributed by atoms with van der Waals surface area (Å²) in [4.78, 5) is 35.8. The Bertz CT molecular complexity index is 1720. The Morgan fingerprint density at radius 2 is 1.23 bits per heavy atom. The number of pyridine rings is 1. The van der Waals surface area contributed by atoms with Crippen molar-refractivity contribution in [3.63, 3.8) is 0 Å². The van der Waals surface area contributed by atoms with Gasteiger partial charge in [0.25, 0.3) is 0 Å². The highest BCUT2D eigenvalue weighted by Crippen LogP contribution is 2.36. The summed E-state index contributed by atoms with van der Waals surface area (Å²) in [6.45, 7) is 17.3. The summed E-state index contributed by atoms with van der Waals surface area (Å²) in [6, 6.07) is 23.5. The van der Waals surface area contributed by atoms with Crippen LogP contribution in [0.2, 0.25) is 0 Å². The minimum atomic E-state index is -0.755. The van der Waals surface area contributed by atoms with Crippen LogP contribution in [0.4, 0.5) is 21.0 Å². The van der Waals surface area contributed by atoms with E-state index in [0.29, 0.717) is 22.8 Å². The van der Waals surface area contributed by atoms with Gasteiger partial charge in [0.05, 0.1) is 37.3 Å². The number of hydrogen-bond acceptors (Lipinski definition) is 6. The molecular weight excluding hydrogens is 590 g/mol. The highest BCUT2D eigenvalue weighted by molar-refractivity contribution is 5.94. The first-order valence-electron chi connectivity index (χ1n) is 15.8. The van der Waals surface area contributed by atoms with Gasteiger partial charge in [0.2, 0.25) is 0 Å². The molecule has 1 aromatic heterocycles. The van der Waals surface area contributed by atoms with Crippen LogP contribution in [0.5, 0.6) is 5.75 Å². The van der Waals surface area contributed by atoms with Crippen molar-refractivity contribution >= 4 is 23.6 Å². The van der Waals surface area contributed by atoms with Crippen molar-refractivity contribution in [2.45, 2.75) is 86.6 Å². The Hall–Kier alpha value is -4.85. The van der Waals surface area contributed by atoms with Crippen LogP contribution in [-0.4, -0.2) is 35.5 Å². The van der Waals surface area contributed by atoms with E-state index < -0.39 is 23.4 Å². The van der Waals surface area contributed by atoms with E-state index in [1.54, 1.807) is 23.1 Å². The molecule has 0 fully saturated rings. The first kappa shape index (κ1) is 35.0. The number of carbonyl (C=O) groups excluding carboxylic acids is 2. The Labute approximate surface area is 279 Å². The zero-order valence-electron chi connectivity index (χ0n) is 29.3. The number of carbonyl (C=O) groups is 2. The number of aromatic nitrogens is 1. The molecule has 0 N–H and O–H groups in total. The smallest absolute Gasteiger partial charge is 0.415 e. The number of methoxy groups -OCH3 is 1. The van der Waals surface area contributed by atoms with Crippen LogP contribution < -0.4 is 14.5 Å². The molecule has 2 amide bonds. The molecular formula is C39H47N3O5. The number of amides is 2. The van der Waals surface area contributed by atoms with Gasteiger partial charge in [-0.3, -0.25) is 14.8 Å². The zero-order chi connectivity index (χ0) is 34.5. The standard InChI is InChI=1S/C39H47N3O5/c1-26-16-14-15-19-33(26)30-20-31(41(36(43)46-38(4,5)6)24-29-17-12-11-13-18-29)22-32(21-30)42(37(44)47-39(7,8)9)25-34-28(3)35(45-10)27(2)23-40-34/h11-23H,24-25H2,1-10H3. The molecule has 1 heterocycles. The normalized spacial score (nSPS) is 11.5. The summed E-state index contributed by atoms with van der Waals surface area (Å²) < 4.78 is 17.5. The van der Waals surface area contributed by atoms with E-state index in [9.17, 15) is 9.59 Å². The summed E-state index contributed by atoms with van der Waals surface area (Å²) in [5.41, 5.74) is 5.79. The topological polar surface area (TPSA) is 81.2 Å². The summed E-state index contributed by atoms with van der Waals surface area (Å²) in [7, 11) is 1.63. The molecule has 0 saturated heterocycles. The van der Waals surface area contributed by atoms with Crippen LogP contribution in [-0.2, 0) is 22.6 Å². The van der Waals surface area contributed by atoms with Crippen molar-refractivity contribution in [2.24, 2.45) is 0 Å². The second-order valence-electron chi connectivity index (χ2n) is 13.7. The predicted molar refractivity (Wildman–Crippen MR) is 188 cm³/mol. The number of aryl methyl sites for hydroxylation is 2. The first-order chi connectivity index (χ1) is 22.1. The fraction of sp³-hybridized carbons (Fsp3) is 0.359. The largest absolute Gasteiger partial charge is 0.496 e. The quantitative estimate of drug-likeness (QED) is 0.191. The lowest BCUT2D eigenvalue weighted by Gasteiger charge is -2.31. The third-order valence-electron chi connectivity index (χ3n) is 7.45. The van der Waals surface area contributed by atoms with Gasteiger partial charge < -0.3 is 14.2 Å². The van der Waals surface area contributed by atoms with E-state index >= 15 is 0 Å². The number of rotatable bonds is 8. The van der Waals surface area contributed by atoms with E-state index in [4.69, 9.17) is 19.2 Å². The van der Waals surface area contributed by atoms with E-state index in [1.165, 1.54) is 0 Å². The molecule has 248 valence electrons. The number of anilines is 2. The molecule has 4 aromatic rings. The van der Waals surface area contributed by atoms with Crippen molar-refractivity contribution in [1.29, 1.82) is 0 Å². The molecule has 47 heavy (non-hydrogen) atoms. The molecule has 0 unspecified atom stereocenters. The van der Waals surface area contributed by atoms with Gasteiger partial charge in [-0.1, -0.05) is 54.6 Å². The average molecular weight is 638 g/mol. The van der Waals surface area contributed by atoms with Crippen LogP contribution in [0.1, 0.15) is 69.5 Å². The van der Waals surface area contributed by atoms with Crippen molar-refractivity contribution < 1.29 is 23.8 Å². The van der Waals surface area contributed by atoms with E-state index in [-0.39, 0.29) is 13.1 Å². The second-order valence-corrected chi connectivity index (χ2v) is 13.7. The number of hydrogen-bond donors (Lipinski definition) is 0. The zero-order valence-corrected chi connectivity index (χ0v) is 29.3. The van der Waals surface area contributed by atoms with Crippen molar-refractivity contribution in [3.05, 3.63) is 107 Å². The van der Waals surface area contributed by atoms with Crippen LogP contribution in [0.3, 0.4) is 0 Å². The van der Waals surface area contributed by atoms with Gasteiger partial charge in [0.1, 0.15) is 17.0 Å². The molecule has 8 heteroatoms. The van der Waals surface area contributed by atoms with E-state index in [0.717, 1.165) is 33.4 Å². The maximum Gasteiger partial charge on any atom is 0.415 e. The van der Waals surface area contributed by atoms with Gasteiger partial charge in [-0.25, -0.2) is 9.59 Å². The monoisotopic (exact) mass is 637 g/mol. The van der Waals surface area contributed by atoms with Crippen molar-refractivity contribution in [2.75, 3.05) is 16.9 Å². The fourth-order valence-corrected chi connectivity index (χ4v) is 5.26. The van der Waals surface area contributed by atoms with Crippen LogP contribution in [0.25, 0.3) is 11.1 Å². The molecule has 8 nitrogen and oxygen atoms in total. The fourth-order valence-electron chi connectivity index (χ4n) is 5.26. The molecule has 4 rings (SSSR count). The molecule has 0 aliphatic rings. The average Bonchev–Trinajstić information content (AvgIpc) is 2.98. The SMILES string of the molecule is COc1c(C)cnc(CN(C(=O)OC(C)(C)C)c2cc(-c3ccccc3C)cc(N(Cc3ccccc3)C(=O)OC(C)(C)C)c2)c1C. The van der Waals surface area contributed by atoms with Crippen LogP contribution in [0.15, 0.2) is 79.0 Å². The van der Waals surface area contributed by atoms with Crippen molar-refractivity contribution in [1.82, 2.24) is 4.98 Å². The third kappa shape index (κ3) is 9.12. The molecule has 0 atom stereocenters. The van der Waals surface area contributed by atoms with E-state index in [2.05, 4.69) is 0 Å². The van der Waals surface area contributed by atoms with Gasteiger partial charge in [0, 0.05) is 17.3 Å². The predicted octanol–water partition coefficient (Wildman–Crippen LogP) is 9.57. The second kappa shape index (κ2) is 14.3. The van der Waals surface area contributed by atoms with E-state index in [1.807, 2.05) is 135 Å². The lowest BCUT2D eigenvalue weighted by atomic mass is 9.98. The maximum absolute atomic E-state index is 14.0. The molecule has 0 aliphatic carbocycles. The summed E-state index contributed by atoms with van der Waals surface area (Å²) in [5.74, 6) is 0.715. The van der Waals surface area contributed by atoms with Crippen LogP contribution >= 0.6 is 0 Å². The first-order valence-corrected chi connectivity index (χ1v) is 15.8. The summed E-state index contributed by atoms with van der Waals surface area (Å²) in [5, 5.41) is 0. The lowest BCUT2D eigenvalue weighted by Crippen LogP contribution is -2.38.